The van der Waals surface area contributed by atoms with Crippen molar-refractivity contribution in [3.05, 3.63) is 145 Å². The van der Waals surface area contributed by atoms with Gasteiger partial charge in [-0.25, -0.2) is 0 Å². The standard InChI is InChI=1S/C35H26N2/c1-24(25-11-3-2-4-12-25)37-22-21-35(36)33-18-10-5-13-27(33)26-19-20-32-30-16-7-6-14-28(30)29-15-8-9-17-31(29)34(32)23-26/h2-23H,1,36H2/b35-21-,37-22?. The molecule has 0 bridgehead atoms. The zero-order valence-corrected chi connectivity index (χ0v) is 20.4. The molecule has 0 aliphatic carbocycles. The fraction of sp³-hybridized carbons (Fsp3) is 0. The lowest BCUT2D eigenvalue weighted by Crippen LogP contribution is -1.99. The lowest BCUT2D eigenvalue weighted by molar-refractivity contribution is 1.50. The van der Waals surface area contributed by atoms with Gasteiger partial charge in [0.2, 0.25) is 0 Å². The first kappa shape index (κ1) is 22.5. The van der Waals surface area contributed by atoms with E-state index in [0.717, 1.165) is 22.3 Å². The molecule has 0 atom stereocenters. The average Bonchev–Trinajstić information content (AvgIpc) is 2.97. The summed E-state index contributed by atoms with van der Waals surface area (Å²) >= 11 is 0. The number of aliphatic imine (C=N–C) groups is 1. The van der Waals surface area contributed by atoms with Gasteiger partial charge in [-0.1, -0.05) is 122 Å². The third-order valence-corrected chi connectivity index (χ3v) is 6.88. The summed E-state index contributed by atoms with van der Waals surface area (Å²) in [7, 11) is 0. The molecule has 37 heavy (non-hydrogen) atoms. The van der Waals surface area contributed by atoms with E-state index in [-0.39, 0.29) is 0 Å². The van der Waals surface area contributed by atoms with Crippen LogP contribution in [0.4, 0.5) is 0 Å². The molecule has 2 nitrogen and oxygen atoms in total. The normalized spacial score (nSPS) is 12.1. The third-order valence-electron chi connectivity index (χ3n) is 6.88. The molecule has 0 amide bonds. The molecule has 176 valence electrons. The predicted molar refractivity (Wildman–Crippen MR) is 161 cm³/mol. The summed E-state index contributed by atoms with van der Waals surface area (Å²) in [5, 5.41) is 7.57. The molecule has 2 N–H and O–H groups in total. The van der Waals surface area contributed by atoms with Crippen molar-refractivity contribution in [2.24, 2.45) is 10.7 Å². The molecule has 6 aromatic rings. The van der Waals surface area contributed by atoms with Crippen LogP contribution < -0.4 is 5.73 Å². The minimum atomic E-state index is 0.656. The van der Waals surface area contributed by atoms with Gasteiger partial charge in [0.1, 0.15) is 0 Å². The summed E-state index contributed by atoms with van der Waals surface area (Å²) in [6.07, 6.45) is 3.57. The molecule has 2 heteroatoms. The Morgan fingerprint density at radius 3 is 1.81 bits per heavy atom. The van der Waals surface area contributed by atoms with Crippen LogP contribution in [0, 0.1) is 0 Å². The van der Waals surface area contributed by atoms with Crippen LogP contribution in [0.5, 0.6) is 0 Å². The van der Waals surface area contributed by atoms with Gasteiger partial charge in [0, 0.05) is 17.5 Å². The van der Waals surface area contributed by atoms with E-state index in [4.69, 9.17) is 5.73 Å². The zero-order valence-electron chi connectivity index (χ0n) is 20.4. The summed E-state index contributed by atoms with van der Waals surface area (Å²) in [6.45, 7) is 4.07. The molecule has 0 fully saturated rings. The van der Waals surface area contributed by atoms with Crippen LogP contribution in [0.15, 0.2) is 139 Å². The molecular weight excluding hydrogens is 448 g/mol. The number of benzene rings is 6. The second-order valence-electron chi connectivity index (χ2n) is 9.11. The van der Waals surface area contributed by atoms with E-state index in [2.05, 4.69) is 96.5 Å². The van der Waals surface area contributed by atoms with Crippen LogP contribution >= 0.6 is 0 Å². The van der Waals surface area contributed by atoms with Crippen LogP contribution in [-0.4, -0.2) is 6.21 Å². The Hall–Kier alpha value is -4.95. The fourth-order valence-corrected chi connectivity index (χ4v) is 5.06. The van der Waals surface area contributed by atoms with Gasteiger partial charge >= 0.3 is 0 Å². The lowest BCUT2D eigenvalue weighted by Gasteiger charge is -2.14. The topological polar surface area (TPSA) is 38.4 Å². The van der Waals surface area contributed by atoms with Gasteiger partial charge in [-0.2, -0.15) is 0 Å². The predicted octanol–water partition coefficient (Wildman–Crippen LogP) is 8.85. The largest absolute Gasteiger partial charge is 0.398 e. The van der Waals surface area contributed by atoms with Crippen molar-refractivity contribution in [3.63, 3.8) is 0 Å². The number of hydrogen-bond acceptors (Lipinski definition) is 2. The Morgan fingerprint density at radius 1 is 0.595 bits per heavy atom. The zero-order chi connectivity index (χ0) is 25.2. The van der Waals surface area contributed by atoms with Crippen molar-refractivity contribution in [1.82, 2.24) is 0 Å². The molecule has 0 unspecified atom stereocenters. The Bertz CT molecular complexity index is 1810. The van der Waals surface area contributed by atoms with E-state index in [1.807, 2.05) is 42.5 Å². The molecule has 0 aliphatic rings. The number of rotatable bonds is 5. The quantitative estimate of drug-likeness (QED) is 0.197. The fourth-order valence-electron chi connectivity index (χ4n) is 5.06. The van der Waals surface area contributed by atoms with Crippen molar-refractivity contribution < 1.29 is 0 Å². The molecule has 0 radical (unpaired) electrons. The van der Waals surface area contributed by atoms with Crippen molar-refractivity contribution in [3.8, 4) is 11.1 Å². The van der Waals surface area contributed by atoms with E-state index in [0.29, 0.717) is 11.4 Å². The summed E-state index contributed by atoms with van der Waals surface area (Å²) in [5.74, 6) is 0. The van der Waals surface area contributed by atoms with Gasteiger partial charge in [0.05, 0.1) is 5.70 Å². The minimum Gasteiger partial charge on any atom is -0.398 e. The number of nitrogens with two attached hydrogens (primary N) is 1. The number of allylic oxidation sites excluding steroid dienone is 1. The first-order valence-corrected chi connectivity index (χ1v) is 12.4. The van der Waals surface area contributed by atoms with E-state index in [9.17, 15) is 0 Å². The average molecular weight is 475 g/mol. The highest BCUT2D eigenvalue weighted by Crippen LogP contribution is 2.38. The van der Waals surface area contributed by atoms with Gasteiger partial charge in [-0.3, -0.25) is 4.99 Å². The molecule has 0 saturated heterocycles. The van der Waals surface area contributed by atoms with Gasteiger partial charge in [-0.15, -0.1) is 0 Å². The maximum atomic E-state index is 6.58. The maximum Gasteiger partial charge on any atom is 0.0630 e. The highest BCUT2D eigenvalue weighted by Gasteiger charge is 2.11. The van der Waals surface area contributed by atoms with Gasteiger partial charge in [0.15, 0.2) is 0 Å². The molecule has 0 heterocycles. The number of fused-ring (bicyclic) bond motifs is 6. The third kappa shape index (κ3) is 4.19. The first-order chi connectivity index (χ1) is 18.2. The van der Waals surface area contributed by atoms with E-state index < -0.39 is 0 Å². The molecule has 6 rings (SSSR count). The van der Waals surface area contributed by atoms with Crippen molar-refractivity contribution in [2.75, 3.05) is 0 Å². The Labute approximate surface area is 216 Å². The molecule has 6 aromatic carbocycles. The monoisotopic (exact) mass is 474 g/mol. The summed E-state index contributed by atoms with van der Waals surface area (Å²) in [4.78, 5) is 4.49. The number of nitrogens with zero attached hydrogens (tertiary/aromatic N) is 1. The Morgan fingerprint density at radius 2 is 1.14 bits per heavy atom. The Kier molecular flexibility index (Phi) is 5.84. The summed E-state index contributed by atoms with van der Waals surface area (Å²) < 4.78 is 0. The van der Waals surface area contributed by atoms with Crippen molar-refractivity contribution in [2.45, 2.75) is 0 Å². The van der Waals surface area contributed by atoms with Crippen LogP contribution in [0.2, 0.25) is 0 Å². The molecule has 0 aliphatic heterocycles. The van der Waals surface area contributed by atoms with E-state index >= 15 is 0 Å². The highest BCUT2D eigenvalue weighted by atomic mass is 14.7. The number of hydrogen-bond donors (Lipinski definition) is 1. The van der Waals surface area contributed by atoms with Crippen molar-refractivity contribution >= 4 is 49.9 Å². The first-order valence-electron chi connectivity index (χ1n) is 12.4. The van der Waals surface area contributed by atoms with Gasteiger partial charge in [0.25, 0.3) is 0 Å². The van der Waals surface area contributed by atoms with E-state index in [1.54, 1.807) is 6.21 Å². The Balaban J connectivity index is 1.44. The second-order valence-corrected chi connectivity index (χ2v) is 9.11. The van der Waals surface area contributed by atoms with Gasteiger partial charge < -0.3 is 5.73 Å². The minimum absolute atomic E-state index is 0.656. The van der Waals surface area contributed by atoms with Crippen LogP contribution in [0.1, 0.15) is 11.1 Å². The molecule has 0 aromatic heterocycles. The van der Waals surface area contributed by atoms with E-state index in [1.165, 1.54) is 32.3 Å². The highest BCUT2D eigenvalue weighted by molar-refractivity contribution is 6.25. The van der Waals surface area contributed by atoms with Crippen LogP contribution in [0.25, 0.3) is 54.8 Å². The molecule has 0 spiro atoms. The van der Waals surface area contributed by atoms with Crippen LogP contribution in [-0.2, 0) is 0 Å². The molecule has 0 saturated carbocycles. The van der Waals surface area contributed by atoms with Crippen LogP contribution in [0.3, 0.4) is 0 Å². The maximum absolute atomic E-state index is 6.58. The second kappa shape index (κ2) is 9.60. The van der Waals surface area contributed by atoms with Gasteiger partial charge in [-0.05, 0) is 61.2 Å². The SMILES string of the molecule is C=C(N=C/C=C(\N)c1ccccc1-c1ccc2c3ccccc3c3ccccc3c2c1)c1ccccc1. The lowest BCUT2D eigenvalue weighted by atomic mass is 9.90. The molecular formula is C35H26N2. The summed E-state index contributed by atoms with van der Waals surface area (Å²) in [5.41, 5.74) is 12.1. The smallest absolute Gasteiger partial charge is 0.0630 e. The van der Waals surface area contributed by atoms with Crippen molar-refractivity contribution in [1.29, 1.82) is 0 Å². The summed E-state index contributed by atoms with van der Waals surface area (Å²) in [6, 6.07) is 42.2.